The predicted molar refractivity (Wildman–Crippen MR) is 82.6 cm³/mol. The number of urea groups is 1. The molecule has 0 radical (unpaired) electrons. The summed E-state index contributed by atoms with van der Waals surface area (Å²) in [4.78, 5) is 16.4. The summed E-state index contributed by atoms with van der Waals surface area (Å²) < 4.78 is 11.6. The van der Waals surface area contributed by atoms with Crippen LogP contribution in [0.4, 0.5) is 4.79 Å². The second kappa shape index (κ2) is 6.30. The molecular formula is C16H25N3O3. The van der Waals surface area contributed by atoms with Gasteiger partial charge in [-0.15, -0.1) is 0 Å². The molecule has 3 rings (SSSR count). The van der Waals surface area contributed by atoms with Gasteiger partial charge in [0.15, 0.2) is 0 Å². The van der Waals surface area contributed by atoms with Gasteiger partial charge in [-0.25, -0.2) is 4.79 Å². The van der Waals surface area contributed by atoms with E-state index in [2.05, 4.69) is 10.2 Å². The van der Waals surface area contributed by atoms with Gasteiger partial charge in [-0.05, 0) is 32.9 Å². The first-order valence-electron chi connectivity index (χ1n) is 7.99. The van der Waals surface area contributed by atoms with Crippen molar-refractivity contribution in [2.45, 2.75) is 45.5 Å². The fraction of sp³-hybridized carbons (Fsp3) is 0.688. The fourth-order valence-electron chi connectivity index (χ4n) is 3.23. The summed E-state index contributed by atoms with van der Waals surface area (Å²) in [6, 6.07) is 4.42. The van der Waals surface area contributed by atoms with Gasteiger partial charge in [-0.2, -0.15) is 0 Å². The topological polar surface area (TPSA) is 58.0 Å². The molecule has 22 heavy (non-hydrogen) atoms. The lowest BCUT2D eigenvalue weighted by atomic mass is 10.1. The zero-order valence-corrected chi connectivity index (χ0v) is 13.5. The first kappa shape index (κ1) is 15.4. The lowest BCUT2D eigenvalue weighted by Gasteiger charge is -2.36. The first-order chi connectivity index (χ1) is 10.5. The van der Waals surface area contributed by atoms with Gasteiger partial charge in [0.2, 0.25) is 0 Å². The number of hydrogen-bond donors (Lipinski definition) is 1. The van der Waals surface area contributed by atoms with Gasteiger partial charge < -0.3 is 19.4 Å². The van der Waals surface area contributed by atoms with E-state index in [1.165, 1.54) is 0 Å². The van der Waals surface area contributed by atoms with Gasteiger partial charge in [-0.1, -0.05) is 0 Å². The SMILES string of the molecule is Cc1ccc(CN2CCO[C@H]3CN(C(=O)NC(C)C)C[C@H]32)o1. The lowest BCUT2D eigenvalue weighted by Crippen LogP contribution is -2.50. The molecule has 2 aliphatic rings. The van der Waals surface area contributed by atoms with Crippen LogP contribution < -0.4 is 5.32 Å². The van der Waals surface area contributed by atoms with Crippen LogP contribution in [0.1, 0.15) is 25.4 Å². The largest absolute Gasteiger partial charge is 0.465 e. The minimum absolute atomic E-state index is 0.00166. The van der Waals surface area contributed by atoms with Crippen LogP contribution in [-0.2, 0) is 11.3 Å². The number of amides is 2. The maximum Gasteiger partial charge on any atom is 0.317 e. The second-order valence-corrected chi connectivity index (χ2v) is 6.47. The molecule has 1 aromatic heterocycles. The second-order valence-electron chi connectivity index (χ2n) is 6.47. The molecule has 1 N–H and O–H groups in total. The van der Waals surface area contributed by atoms with E-state index < -0.39 is 0 Å². The number of carbonyl (C=O) groups is 1. The predicted octanol–water partition coefficient (Wildman–Crippen LogP) is 1.59. The molecule has 0 spiro atoms. The van der Waals surface area contributed by atoms with E-state index in [0.717, 1.165) is 24.6 Å². The van der Waals surface area contributed by atoms with Crippen molar-refractivity contribution in [2.24, 2.45) is 0 Å². The Kier molecular flexibility index (Phi) is 4.40. The highest BCUT2D eigenvalue weighted by molar-refractivity contribution is 5.75. The third-order valence-electron chi connectivity index (χ3n) is 4.27. The highest BCUT2D eigenvalue weighted by Gasteiger charge is 2.42. The lowest BCUT2D eigenvalue weighted by molar-refractivity contribution is -0.0522. The third kappa shape index (κ3) is 3.28. The molecule has 122 valence electrons. The average molecular weight is 307 g/mol. The summed E-state index contributed by atoms with van der Waals surface area (Å²) in [5.74, 6) is 1.91. The number of nitrogens with zero attached hydrogens (tertiary/aromatic N) is 2. The fourth-order valence-corrected chi connectivity index (χ4v) is 3.23. The molecule has 0 saturated carbocycles. The Bertz CT molecular complexity index is 528. The molecule has 0 aromatic carbocycles. The van der Waals surface area contributed by atoms with Crippen molar-refractivity contribution in [3.63, 3.8) is 0 Å². The van der Waals surface area contributed by atoms with Crippen LogP contribution in [0.25, 0.3) is 0 Å². The Hall–Kier alpha value is -1.53. The van der Waals surface area contributed by atoms with E-state index in [-0.39, 0.29) is 24.2 Å². The molecule has 6 nitrogen and oxygen atoms in total. The van der Waals surface area contributed by atoms with E-state index in [4.69, 9.17) is 9.15 Å². The summed E-state index contributed by atoms with van der Waals surface area (Å²) in [6.45, 7) is 9.64. The molecule has 6 heteroatoms. The molecule has 2 saturated heterocycles. The zero-order valence-electron chi connectivity index (χ0n) is 13.5. The minimum atomic E-state index is 0.00166. The summed E-state index contributed by atoms with van der Waals surface area (Å²) in [7, 11) is 0. The maximum atomic E-state index is 12.2. The average Bonchev–Trinajstić information content (AvgIpc) is 3.05. The van der Waals surface area contributed by atoms with Crippen molar-refractivity contribution < 1.29 is 13.9 Å². The molecule has 3 heterocycles. The summed E-state index contributed by atoms with van der Waals surface area (Å²) >= 11 is 0. The Morgan fingerprint density at radius 1 is 1.41 bits per heavy atom. The molecule has 2 amide bonds. The molecule has 0 bridgehead atoms. The number of ether oxygens (including phenoxy) is 1. The molecule has 0 aliphatic carbocycles. The number of carbonyl (C=O) groups excluding carboxylic acids is 1. The van der Waals surface area contributed by atoms with Crippen molar-refractivity contribution in [3.05, 3.63) is 23.7 Å². The van der Waals surface area contributed by atoms with Crippen LogP contribution in [0.2, 0.25) is 0 Å². The number of aryl methyl sites for hydroxylation is 1. The van der Waals surface area contributed by atoms with Crippen molar-refractivity contribution in [1.82, 2.24) is 15.1 Å². The van der Waals surface area contributed by atoms with Crippen molar-refractivity contribution >= 4 is 6.03 Å². The highest BCUT2D eigenvalue weighted by Crippen LogP contribution is 2.25. The van der Waals surface area contributed by atoms with E-state index in [9.17, 15) is 4.79 Å². The van der Waals surface area contributed by atoms with Crippen LogP contribution >= 0.6 is 0 Å². The van der Waals surface area contributed by atoms with Crippen molar-refractivity contribution in [1.29, 1.82) is 0 Å². The number of furan rings is 1. The van der Waals surface area contributed by atoms with Gasteiger partial charge in [0.05, 0.1) is 31.8 Å². The van der Waals surface area contributed by atoms with Gasteiger partial charge in [-0.3, -0.25) is 4.90 Å². The zero-order chi connectivity index (χ0) is 15.7. The molecule has 2 aliphatic heterocycles. The normalized spacial score (nSPS) is 25.5. The molecule has 0 unspecified atom stereocenters. The molecule has 1 aromatic rings. The van der Waals surface area contributed by atoms with E-state index in [0.29, 0.717) is 19.7 Å². The van der Waals surface area contributed by atoms with Crippen LogP contribution in [0.5, 0.6) is 0 Å². The Labute approximate surface area is 131 Å². The number of likely N-dealkylation sites (tertiary alicyclic amines) is 1. The van der Waals surface area contributed by atoms with Crippen LogP contribution in [-0.4, -0.2) is 60.3 Å². The molecule has 2 atom stereocenters. The van der Waals surface area contributed by atoms with E-state index in [1.807, 2.05) is 37.8 Å². The highest BCUT2D eigenvalue weighted by atomic mass is 16.5. The van der Waals surface area contributed by atoms with Gasteiger partial charge in [0.1, 0.15) is 11.5 Å². The standard InChI is InChI=1S/C16H25N3O3/c1-11(2)17-16(20)19-9-14-15(10-19)21-7-6-18(14)8-13-5-4-12(3)22-13/h4-5,11,14-15H,6-10H2,1-3H3,(H,17,20)/t14-,15+/m1/s1. The van der Waals surface area contributed by atoms with Crippen LogP contribution in [0.15, 0.2) is 16.5 Å². The first-order valence-corrected chi connectivity index (χ1v) is 7.99. The van der Waals surface area contributed by atoms with Crippen molar-refractivity contribution in [3.8, 4) is 0 Å². The number of morpholine rings is 1. The number of hydrogen-bond acceptors (Lipinski definition) is 4. The summed E-state index contributed by atoms with van der Waals surface area (Å²) in [6.07, 6.45) is 0.0997. The maximum absolute atomic E-state index is 12.2. The van der Waals surface area contributed by atoms with Crippen LogP contribution in [0, 0.1) is 6.92 Å². The minimum Gasteiger partial charge on any atom is -0.465 e. The monoisotopic (exact) mass is 307 g/mol. The molecular weight excluding hydrogens is 282 g/mol. The Balaban J connectivity index is 1.64. The van der Waals surface area contributed by atoms with Gasteiger partial charge >= 0.3 is 6.03 Å². The molecule has 2 fully saturated rings. The van der Waals surface area contributed by atoms with Crippen molar-refractivity contribution in [2.75, 3.05) is 26.2 Å². The van der Waals surface area contributed by atoms with Gasteiger partial charge in [0, 0.05) is 19.1 Å². The number of fused-ring (bicyclic) bond motifs is 1. The number of nitrogens with one attached hydrogen (secondary N) is 1. The Morgan fingerprint density at radius 3 is 2.91 bits per heavy atom. The summed E-state index contributed by atoms with van der Waals surface area (Å²) in [5.41, 5.74) is 0. The number of rotatable bonds is 3. The van der Waals surface area contributed by atoms with E-state index >= 15 is 0 Å². The summed E-state index contributed by atoms with van der Waals surface area (Å²) in [5, 5.41) is 2.96. The Morgan fingerprint density at radius 2 is 2.23 bits per heavy atom. The quantitative estimate of drug-likeness (QED) is 0.921. The smallest absolute Gasteiger partial charge is 0.317 e. The van der Waals surface area contributed by atoms with Gasteiger partial charge in [0.25, 0.3) is 0 Å². The van der Waals surface area contributed by atoms with Crippen LogP contribution in [0.3, 0.4) is 0 Å². The van der Waals surface area contributed by atoms with E-state index in [1.54, 1.807) is 0 Å². The third-order valence-corrected chi connectivity index (χ3v) is 4.27.